The number of benzene rings is 1. The third-order valence-electron chi connectivity index (χ3n) is 5.47. The van der Waals surface area contributed by atoms with Crippen molar-refractivity contribution in [3.63, 3.8) is 0 Å². The number of ether oxygens (including phenoxy) is 2. The van der Waals surface area contributed by atoms with Crippen molar-refractivity contribution in [3.05, 3.63) is 46.1 Å². The molecule has 0 aliphatic heterocycles. The van der Waals surface area contributed by atoms with Crippen LogP contribution in [0.3, 0.4) is 0 Å². The predicted molar refractivity (Wildman–Crippen MR) is 116 cm³/mol. The molecule has 0 radical (unpaired) electrons. The monoisotopic (exact) mass is 393 g/mol. The highest BCUT2D eigenvalue weighted by molar-refractivity contribution is 5.60. The Hall–Kier alpha value is -2.74. The predicted octanol–water partition coefficient (Wildman–Crippen LogP) is 4.70. The van der Waals surface area contributed by atoms with Gasteiger partial charge in [-0.05, 0) is 73.3 Å². The molecule has 5 nitrogen and oxygen atoms in total. The van der Waals surface area contributed by atoms with E-state index in [1.165, 1.54) is 23.2 Å². The molecule has 0 fully saturated rings. The normalized spacial score (nSPS) is 13.0. The van der Waals surface area contributed by atoms with E-state index in [2.05, 4.69) is 25.2 Å². The first-order chi connectivity index (χ1) is 14.1. The zero-order valence-corrected chi connectivity index (χ0v) is 18.0. The first-order valence-corrected chi connectivity index (χ1v) is 10.5. The smallest absolute Gasteiger partial charge is 0.160 e. The number of pyridine rings is 1. The Bertz CT molecular complexity index is 900. The van der Waals surface area contributed by atoms with Gasteiger partial charge in [0.2, 0.25) is 0 Å². The van der Waals surface area contributed by atoms with Crippen LogP contribution in [0.5, 0.6) is 11.5 Å². The zero-order chi connectivity index (χ0) is 20.8. The summed E-state index contributed by atoms with van der Waals surface area (Å²) in [6.07, 6.45) is 6.14. The molecule has 0 atom stereocenters. The summed E-state index contributed by atoms with van der Waals surface area (Å²) in [5.41, 5.74) is 5.60. The lowest BCUT2D eigenvalue weighted by molar-refractivity contribution is 0.354. The Balaban J connectivity index is 1.81. The van der Waals surface area contributed by atoms with Gasteiger partial charge >= 0.3 is 0 Å². The minimum absolute atomic E-state index is 0.543. The molecule has 1 heterocycles. The highest BCUT2D eigenvalue weighted by Crippen LogP contribution is 2.32. The van der Waals surface area contributed by atoms with Gasteiger partial charge in [0.15, 0.2) is 11.5 Å². The fourth-order valence-corrected chi connectivity index (χ4v) is 4.07. The van der Waals surface area contributed by atoms with Crippen LogP contribution in [0, 0.1) is 17.2 Å². The SMILES string of the molecule is COc1ccc(CCNc2nc(CC(C)C)c3c(c2C#N)CCCC3)cc1OC. The summed E-state index contributed by atoms with van der Waals surface area (Å²) < 4.78 is 10.7. The lowest BCUT2D eigenvalue weighted by atomic mass is 9.86. The van der Waals surface area contributed by atoms with Gasteiger partial charge in [0, 0.05) is 12.2 Å². The van der Waals surface area contributed by atoms with Crippen LogP contribution in [0.2, 0.25) is 0 Å². The van der Waals surface area contributed by atoms with Gasteiger partial charge in [0.25, 0.3) is 0 Å². The lowest BCUT2D eigenvalue weighted by Gasteiger charge is -2.23. The minimum Gasteiger partial charge on any atom is -0.493 e. The molecule has 1 aromatic carbocycles. The van der Waals surface area contributed by atoms with E-state index in [0.29, 0.717) is 12.5 Å². The summed E-state index contributed by atoms with van der Waals surface area (Å²) >= 11 is 0. The van der Waals surface area contributed by atoms with Gasteiger partial charge in [0.05, 0.1) is 19.8 Å². The topological polar surface area (TPSA) is 67.2 Å². The van der Waals surface area contributed by atoms with Crippen LogP contribution in [0.1, 0.15) is 54.6 Å². The third kappa shape index (κ3) is 4.82. The molecule has 3 rings (SSSR count). The Morgan fingerprint density at radius 2 is 1.83 bits per heavy atom. The number of nitrogens with one attached hydrogen (secondary N) is 1. The van der Waals surface area contributed by atoms with Crippen LogP contribution in [0.15, 0.2) is 18.2 Å². The van der Waals surface area contributed by atoms with Crippen molar-refractivity contribution >= 4 is 5.82 Å². The summed E-state index contributed by atoms with van der Waals surface area (Å²) in [5.74, 6) is 2.74. The molecule has 0 saturated heterocycles. The largest absolute Gasteiger partial charge is 0.493 e. The van der Waals surface area contributed by atoms with Gasteiger partial charge in [-0.15, -0.1) is 0 Å². The van der Waals surface area contributed by atoms with Gasteiger partial charge in [-0.1, -0.05) is 19.9 Å². The van der Waals surface area contributed by atoms with Gasteiger partial charge in [-0.3, -0.25) is 0 Å². The summed E-state index contributed by atoms with van der Waals surface area (Å²) in [4.78, 5) is 4.91. The number of hydrogen-bond donors (Lipinski definition) is 1. The molecule has 1 N–H and O–H groups in total. The second kappa shape index (κ2) is 9.65. The fraction of sp³-hybridized carbons (Fsp3) is 0.500. The summed E-state index contributed by atoms with van der Waals surface area (Å²) in [6.45, 7) is 5.15. The highest BCUT2D eigenvalue weighted by atomic mass is 16.5. The molecule has 0 spiro atoms. The van der Waals surface area contributed by atoms with Crippen molar-refractivity contribution in [1.82, 2.24) is 4.98 Å². The molecule has 1 aromatic heterocycles. The number of nitrogens with zero attached hydrogens (tertiary/aromatic N) is 2. The molecule has 29 heavy (non-hydrogen) atoms. The van der Waals surface area contributed by atoms with Crippen molar-refractivity contribution in [3.8, 4) is 17.6 Å². The van der Waals surface area contributed by atoms with Crippen molar-refractivity contribution < 1.29 is 9.47 Å². The maximum absolute atomic E-state index is 9.83. The van der Waals surface area contributed by atoms with Gasteiger partial charge in [-0.2, -0.15) is 5.26 Å². The Kier molecular flexibility index (Phi) is 6.98. The molecule has 0 unspecified atom stereocenters. The zero-order valence-electron chi connectivity index (χ0n) is 18.0. The van der Waals surface area contributed by atoms with Gasteiger partial charge in [0.1, 0.15) is 11.9 Å². The molecule has 0 amide bonds. The number of rotatable bonds is 8. The van der Waals surface area contributed by atoms with Crippen LogP contribution in [0.25, 0.3) is 0 Å². The molecule has 0 saturated carbocycles. The van der Waals surface area contributed by atoms with Crippen LogP contribution in [-0.4, -0.2) is 25.7 Å². The van der Waals surface area contributed by atoms with Crippen LogP contribution < -0.4 is 14.8 Å². The summed E-state index contributed by atoms with van der Waals surface area (Å²) in [5, 5.41) is 13.3. The Labute approximate surface area is 174 Å². The van der Waals surface area contributed by atoms with E-state index in [1.54, 1.807) is 14.2 Å². The molecule has 1 aliphatic carbocycles. The molecule has 5 heteroatoms. The van der Waals surface area contributed by atoms with E-state index < -0.39 is 0 Å². The maximum Gasteiger partial charge on any atom is 0.160 e. The second-order valence-electron chi connectivity index (χ2n) is 8.02. The Morgan fingerprint density at radius 1 is 1.10 bits per heavy atom. The van der Waals surface area contributed by atoms with E-state index in [9.17, 15) is 5.26 Å². The maximum atomic E-state index is 9.83. The number of anilines is 1. The average molecular weight is 394 g/mol. The number of aromatic nitrogens is 1. The molecular weight excluding hydrogens is 362 g/mol. The summed E-state index contributed by atoms with van der Waals surface area (Å²) in [7, 11) is 3.28. The number of hydrogen-bond acceptors (Lipinski definition) is 5. The number of methoxy groups -OCH3 is 2. The van der Waals surface area contributed by atoms with E-state index in [1.807, 2.05) is 18.2 Å². The number of fused-ring (bicyclic) bond motifs is 1. The van der Waals surface area contributed by atoms with E-state index in [4.69, 9.17) is 14.5 Å². The van der Waals surface area contributed by atoms with E-state index >= 15 is 0 Å². The van der Waals surface area contributed by atoms with Crippen LogP contribution >= 0.6 is 0 Å². The lowest BCUT2D eigenvalue weighted by Crippen LogP contribution is -2.17. The quantitative estimate of drug-likeness (QED) is 0.704. The first kappa shape index (κ1) is 21.0. The highest BCUT2D eigenvalue weighted by Gasteiger charge is 2.22. The average Bonchev–Trinajstić information content (AvgIpc) is 2.73. The van der Waals surface area contributed by atoms with Crippen molar-refractivity contribution in [2.75, 3.05) is 26.1 Å². The molecule has 154 valence electrons. The minimum atomic E-state index is 0.543. The molecule has 0 bridgehead atoms. The van der Waals surface area contributed by atoms with Gasteiger partial charge in [-0.25, -0.2) is 4.98 Å². The van der Waals surface area contributed by atoms with Gasteiger partial charge < -0.3 is 14.8 Å². The number of nitriles is 1. The molecule has 2 aromatic rings. The molecular formula is C24H31N3O2. The van der Waals surface area contributed by atoms with E-state index in [-0.39, 0.29) is 0 Å². The third-order valence-corrected chi connectivity index (χ3v) is 5.47. The molecule has 1 aliphatic rings. The van der Waals surface area contributed by atoms with Crippen molar-refractivity contribution in [1.29, 1.82) is 5.26 Å². The second-order valence-corrected chi connectivity index (χ2v) is 8.02. The first-order valence-electron chi connectivity index (χ1n) is 10.5. The van der Waals surface area contributed by atoms with E-state index in [0.717, 1.165) is 60.5 Å². The van der Waals surface area contributed by atoms with Crippen molar-refractivity contribution in [2.45, 2.75) is 52.4 Å². The standard InChI is InChI=1S/C24H31N3O2/c1-16(2)13-21-19-8-6-5-7-18(19)20(15-25)24(27-21)26-12-11-17-9-10-22(28-3)23(14-17)29-4/h9-10,14,16H,5-8,11-13H2,1-4H3,(H,26,27). The van der Waals surface area contributed by atoms with Crippen LogP contribution in [0.4, 0.5) is 5.82 Å². The fourth-order valence-electron chi connectivity index (χ4n) is 4.07. The van der Waals surface area contributed by atoms with Crippen LogP contribution in [-0.2, 0) is 25.7 Å². The Morgan fingerprint density at radius 3 is 2.48 bits per heavy atom. The van der Waals surface area contributed by atoms with Crippen molar-refractivity contribution in [2.24, 2.45) is 5.92 Å². The summed E-state index contributed by atoms with van der Waals surface area (Å²) in [6, 6.07) is 8.38.